The van der Waals surface area contributed by atoms with Gasteiger partial charge in [0, 0.05) is 21.5 Å². The lowest BCUT2D eigenvalue weighted by Gasteiger charge is -2.08. The molecule has 6 heteroatoms. The van der Waals surface area contributed by atoms with Gasteiger partial charge < -0.3 is 5.73 Å². The molecule has 0 aliphatic carbocycles. The van der Waals surface area contributed by atoms with Crippen LogP contribution >= 0.6 is 27.7 Å². The number of nitrogen functional groups attached to an aromatic ring is 1. The number of benzene rings is 1. The number of nitrogens with one attached hydrogen (secondary N) is 1. The Hall–Kier alpha value is -1.01. The molecule has 0 spiro atoms. The summed E-state index contributed by atoms with van der Waals surface area (Å²) in [6.07, 6.45) is 0.221. The van der Waals surface area contributed by atoms with E-state index in [0.717, 1.165) is 9.37 Å². The van der Waals surface area contributed by atoms with Gasteiger partial charge in [0.05, 0.1) is 5.25 Å². The molecule has 84 valence electrons. The summed E-state index contributed by atoms with van der Waals surface area (Å²) in [5, 5.41) is 1.90. The molecule has 0 saturated carbocycles. The van der Waals surface area contributed by atoms with Gasteiger partial charge in [0.15, 0.2) is 0 Å². The van der Waals surface area contributed by atoms with Crippen LogP contribution in [-0.4, -0.2) is 17.1 Å². The average Bonchev–Trinajstić information content (AvgIpc) is 2.50. The third-order valence-electron chi connectivity index (χ3n) is 2.17. The molecule has 1 unspecified atom stereocenters. The lowest BCUT2D eigenvalue weighted by atomic mass is 10.3. The summed E-state index contributed by atoms with van der Waals surface area (Å²) >= 11 is 4.63. The lowest BCUT2D eigenvalue weighted by Crippen LogP contribution is -2.23. The van der Waals surface area contributed by atoms with Crippen molar-refractivity contribution in [3.63, 3.8) is 0 Å². The van der Waals surface area contributed by atoms with E-state index in [-0.39, 0.29) is 23.5 Å². The van der Waals surface area contributed by atoms with Crippen molar-refractivity contribution < 1.29 is 9.59 Å². The number of hydrogen-bond acceptors (Lipinski definition) is 4. The summed E-state index contributed by atoms with van der Waals surface area (Å²) in [7, 11) is 0. The standard InChI is InChI=1S/C10H9BrN2O2S/c11-5-1-2-7(6(12)3-5)16-8-4-9(14)13-10(8)15/h1-3,8H,4,12H2,(H,13,14,15). The maximum absolute atomic E-state index is 11.4. The smallest absolute Gasteiger partial charge is 0.240 e. The van der Waals surface area contributed by atoms with Gasteiger partial charge in [0.25, 0.3) is 0 Å². The summed E-state index contributed by atoms with van der Waals surface area (Å²) in [5.74, 6) is -0.462. The Morgan fingerprint density at radius 3 is 2.75 bits per heavy atom. The van der Waals surface area contributed by atoms with Gasteiger partial charge >= 0.3 is 0 Å². The molecule has 1 fully saturated rings. The quantitative estimate of drug-likeness (QED) is 0.642. The molecule has 1 aliphatic heterocycles. The lowest BCUT2D eigenvalue weighted by molar-refractivity contribution is -0.124. The minimum absolute atomic E-state index is 0.221. The van der Waals surface area contributed by atoms with Crippen LogP contribution in [0.1, 0.15) is 6.42 Å². The summed E-state index contributed by atoms with van der Waals surface area (Å²) in [4.78, 5) is 23.2. The van der Waals surface area contributed by atoms with Gasteiger partial charge in [-0.05, 0) is 18.2 Å². The molecule has 0 aromatic heterocycles. The van der Waals surface area contributed by atoms with Crippen molar-refractivity contribution in [1.82, 2.24) is 5.32 Å². The van der Waals surface area contributed by atoms with Crippen molar-refractivity contribution >= 4 is 45.2 Å². The van der Waals surface area contributed by atoms with Gasteiger partial charge in [-0.25, -0.2) is 0 Å². The van der Waals surface area contributed by atoms with Crippen LogP contribution in [0.25, 0.3) is 0 Å². The molecule has 0 bridgehead atoms. The largest absolute Gasteiger partial charge is 0.398 e. The van der Waals surface area contributed by atoms with Crippen molar-refractivity contribution in [3.8, 4) is 0 Å². The number of halogens is 1. The van der Waals surface area contributed by atoms with E-state index >= 15 is 0 Å². The topological polar surface area (TPSA) is 72.2 Å². The van der Waals surface area contributed by atoms with E-state index in [0.29, 0.717) is 5.69 Å². The maximum atomic E-state index is 11.4. The Morgan fingerprint density at radius 1 is 1.44 bits per heavy atom. The Morgan fingerprint density at radius 2 is 2.19 bits per heavy atom. The van der Waals surface area contributed by atoms with Gasteiger partial charge in [-0.2, -0.15) is 0 Å². The fourth-order valence-corrected chi connectivity index (χ4v) is 2.83. The van der Waals surface area contributed by atoms with E-state index in [9.17, 15) is 9.59 Å². The molecule has 2 rings (SSSR count). The molecule has 0 radical (unpaired) electrons. The first-order valence-electron chi connectivity index (χ1n) is 4.61. The van der Waals surface area contributed by atoms with E-state index in [2.05, 4.69) is 21.2 Å². The number of nitrogens with two attached hydrogens (primary N) is 1. The molecule has 4 nitrogen and oxygen atoms in total. The highest BCUT2D eigenvalue weighted by atomic mass is 79.9. The predicted molar refractivity (Wildman–Crippen MR) is 66.0 cm³/mol. The highest BCUT2D eigenvalue weighted by Gasteiger charge is 2.31. The molecule has 1 saturated heterocycles. The van der Waals surface area contributed by atoms with Gasteiger partial charge in [0.2, 0.25) is 11.8 Å². The zero-order valence-corrected chi connectivity index (χ0v) is 10.6. The Labute approximate surface area is 105 Å². The number of carbonyl (C=O) groups is 2. The van der Waals surface area contributed by atoms with Crippen LogP contribution in [0.15, 0.2) is 27.6 Å². The Kier molecular flexibility index (Phi) is 3.20. The SMILES string of the molecule is Nc1cc(Br)ccc1SC1CC(=O)NC1=O. The summed E-state index contributed by atoms with van der Waals surface area (Å²) < 4.78 is 0.890. The fourth-order valence-electron chi connectivity index (χ4n) is 1.41. The van der Waals surface area contributed by atoms with E-state index < -0.39 is 0 Å². The number of rotatable bonds is 2. The number of carbonyl (C=O) groups excluding carboxylic acids is 2. The van der Waals surface area contributed by atoms with Gasteiger partial charge in [-0.15, -0.1) is 11.8 Å². The van der Waals surface area contributed by atoms with Crippen molar-refractivity contribution in [2.75, 3.05) is 5.73 Å². The normalized spacial score (nSPS) is 19.9. The number of hydrogen-bond donors (Lipinski definition) is 2. The minimum Gasteiger partial charge on any atom is -0.398 e. The maximum Gasteiger partial charge on any atom is 0.240 e. The monoisotopic (exact) mass is 300 g/mol. The second kappa shape index (κ2) is 4.47. The fraction of sp³-hybridized carbons (Fsp3) is 0.200. The zero-order valence-electron chi connectivity index (χ0n) is 8.20. The zero-order chi connectivity index (χ0) is 11.7. The van der Waals surface area contributed by atoms with Crippen molar-refractivity contribution in [3.05, 3.63) is 22.7 Å². The molecule has 1 aromatic rings. The van der Waals surface area contributed by atoms with Crippen molar-refractivity contribution in [2.45, 2.75) is 16.6 Å². The third-order valence-corrected chi connectivity index (χ3v) is 3.95. The highest BCUT2D eigenvalue weighted by Crippen LogP contribution is 2.33. The van der Waals surface area contributed by atoms with E-state index in [4.69, 9.17) is 5.73 Å². The first-order valence-corrected chi connectivity index (χ1v) is 6.29. The predicted octanol–water partition coefficient (Wildman–Crippen LogP) is 1.54. The van der Waals surface area contributed by atoms with Crippen LogP contribution in [0.3, 0.4) is 0 Å². The molecule has 1 aliphatic rings. The molecule has 1 aromatic carbocycles. The first kappa shape index (κ1) is 11.5. The second-order valence-corrected chi connectivity index (χ2v) is 5.57. The molecule has 1 atom stereocenters. The number of anilines is 1. The Balaban J connectivity index is 2.15. The molecule has 2 amide bonds. The van der Waals surface area contributed by atoms with Crippen LogP contribution in [0.4, 0.5) is 5.69 Å². The first-order chi connectivity index (χ1) is 7.56. The molecule has 16 heavy (non-hydrogen) atoms. The number of imide groups is 1. The van der Waals surface area contributed by atoms with E-state index in [1.54, 1.807) is 6.07 Å². The van der Waals surface area contributed by atoms with Crippen LogP contribution in [0, 0.1) is 0 Å². The second-order valence-electron chi connectivity index (χ2n) is 3.41. The van der Waals surface area contributed by atoms with Crippen molar-refractivity contribution in [2.24, 2.45) is 0 Å². The highest BCUT2D eigenvalue weighted by molar-refractivity contribution is 9.10. The number of amides is 2. The molecular weight excluding hydrogens is 292 g/mol. The average molecular weight is 301 g/mol. The van der Waals surface area contributed by atoms with Crippen molar-refractivity contribution in [1.29, 1.82) is 0 Å². The van der Waals surface area contributed by atoms with E-state index in [1.807, 2.05) is 12.1 Å². The van der Waals surface area contributed by atoms with Gasteiger partial charge in [0.1, 0.15) is 0 Å². The summed E-state index contributed by atoms with van der Waals surface area (Å²) in [5.41, 5.74) is 6.42. The molecule has 3 N–H and O–H groups in total. The summed E-state index contributed by atoms with van der Waals surface area (Å²) in [6, 6.07) is 5.46. The number of thioether (sulfide) groups is 1. The van der Waals surface area contributed by atoms with Crippen LogP contribution in [0.2, 0.25) is 0 Å². The van der Waals surface area contributed by atoms with Gasteiger partial charge in [-0.3, -0.25) is 14.9 Å². The summed E-state index contributed by atoms with van der Waals surface area (Å²) in [6.45, 7) is 0. The van der Waals surface area contributed by atoms with Crippen LogP contribution in [0.5, 0.6) is 0 Å². The van der Waals surface area contributed by atoms with Crippen LogP contribution < -0.4 is 11.1 Å². The Bertz CT molecular complexity index is 464. The minimum atomic E-state index is -0.365. The van der Waals surface area contributed by atoms with E-state index in [1.165, 1.54) is 11.8 Å². The van der Waals surface area contributed by atoms with Gasteiger partial charge in [-0.1, -0.05) is 15.9 Å². The molecule has 1 heterocycles. The van der Waals surface area contributed by atoms with Crippen LogP contribution in [-0.2, 0) is 9.59 Å². The molecular formula is C10H9BrN2O2S. The third kappa shape index (κ3) is 2.38.